The molecule has 1 amide bonds. The fourth-order valence-corrected chi connectivity index (χ4v) is 4.95. The van der Waals surface area contributed by atoms with Gasteiger partial charge in [-0.05, 0) is 74.1 Å². The largest absolute Gasteiger partial charge is 0.306 e. The predicted molar refractivity (Wildman–Crippen MR) is 118 cm³/mol. The highest BCUT2D eigenvalue weighted by atomic mass is 35.5. The highest BCUT2D eigenvalue weighted by molar-refractivity contribution is 7.20. The normalized spacial score (nSPS) is 13.4. The first-order valence-corrected chi connectivity index (χ1v) is 10.8. The lowest BCUT2D eigenvalue weighted by Crippen LogP contribution is -2.15. The lowest BCUT2D eigenvalue weighted by atomic mass is 9.92. The van der Waals surface area contributed by atoms with Crippen molar-refractivity contribution in [3.05, 3.63) is 69.9 Å². The van der Waals surface area contributed by atoms with Gasteiger partial charge < -0.3 is 5.32 Å². The van der Waals surface area contributed by atoms with Gasteiger partial charge in [-0.3, -0.25) is 4.79 Å². The number of amides is 1. The smallest absolute Gasteiger partial charge is 0.256 e. The van der Waals surface area contributed by atoms with Gasteiger partial charge in [0.05, 0.1) is 15.9 Å². The number of fused-ring (bicyclic) bond motifs is 2. The molecule has 1 aliphatic carbocycles. The van der Waals surface area contributed by atoms with Crippen LogP contribution in [0.3, 0.4) is 0 Å². The minimum absolute atomic E-state index is 0.231. The van der Waals surface area contributed by atoms with Gasteiger partial charge >= 0.3 is 0 Å². The second-order valence-corrected chi connectivity index (χ2v) is 8.78. The average molecular weight is 423 g/mol. The van der Waals surface area contributed by atoms with E-state index in [1.165, 1.54) is 24.0 Å². The van der Waals surface area contributed by atoms with E-state index in [-0.39, 0.29) is 5.91 Å². The van der Waals surface area contributed by atoms with E-state index >= 15 is 0 Å². The van der Waals surface area contributed by atoms with Crippen LogP contribution in [-0.4, -0.2) is 20.7 Å². The molecule has 4 aromatic rings. The van der Waals surface area contributed by atoms with Crippen LogP contribution < -0.4 is 5.32 Å². The molecule has 0 spiro atoms. The van der Waals surface area contributed by atoms with Crippen molar-refractivity contribution in [1.29, 1.82) is 0 Å². The Morgan fingerprint density at radius 3 is 2.72 bits per heavy atom. The van der Waals surface area contributed by atoms with Gasteiger partial charge in [0.25, 0.3) is 5.91 Å². The molecule has 0 saturated carbocycles. The average Bonchev–Trinajstić information content (AvgIpc) is 3.28. The minimum Gasteiger partial charge on any atom is -0.306 e. The van der Waals surface area contributed by atoms with E-state index in [1.807, 2.05) is 13.0 Å². The highest BCUT2D eigenvalue weighted by Crippen LogP contribution is 2.32. The summed E-state index contributed by atoms with van der Waals surface area (Å²) in [6.07, 6.45) is 4.76. The van der Waals surface area contributed by atoms with Crippen molar-refractivity contribution in [2.45, 2.75) is 32.6 Å². The molecule has 0 unspecified atom stereocenters. The molecule has 1 N–H and O–H groups in total. The maximum Gasteiger partial charge on any atom is 0.256 e. The number of hydrogen-bond acceptors (Lipinski definition) is 4. The number of nitrogens with one attached hydrogen (secondary N) is 1. The first-order valence-electron chi connectivity index (χ1n) is 9.63. The van der Waals surface area contributed by atoms with Crippen LogP contribution in [0.1, 0.15) is 40.0 Å². The lowest BCUT2D eigenvalue weighted by molar-refractivity contribution is 0.102. The summed E-state index contributed by atoms with van der Waals surface area (Å²) in [5, 5.41) is 8.78. The zero-order valence-corrected chi connectivity index (χ0v) is 17.5. The topological polar surface area (TPSA) is 59.8 Å². The minimum atomic E-state index is -0.231. The third-order valence-electron chi connectivity index (χ3n) is 5.18. The van der Waals surface area contributed by atoms with Crippen LogP contribution >= 0.6 is 22.9 Å². The molecule has 2 aromatic heterocycles. The number of carbonyl (C=O) groups is 1. The second-order valence-electron chi connectivity index (χ2n) is 7.34. The van der Waals surface area contributed by atoms with Crippen molar-refractivity contribution in [2.75, 3.05) is 5.32 Å². The molecule has 29 heavy (non-hydrogen) atoms. The summed E-state index contributed by atoms with van der Waals surface area (Å²) >= 11 is 7.61. The van der Waals surface area contributed by atoms with Crippen molar-refractivity contribution in [3.8, 4) is 5.13 Å². The van der Waals surface area contributed by atoms with Gasteiger partial charge in [-0.25, -0.2) is 4.98 Å². The number of hydrogen-bond donors (Lipinski definition) is 1. The molecule has 0 aliphatic heterocycles. The van der Waals surface area contributed by atoms with E-state index in [1.54, 1.807) is 40.3 Å². The summed E-state index contributed by atoms with van der Waals surface area (Å²) in [6.45, 7) is 1.90. The monoisotopic (exact) mass is 422 g/mol. The SMILES string of the molecule is Cc1cc(NC(=O)c2cccc(Cl)c2)n(-c2nc3cc4c(cc3s2)CCCC4)n1. The van der Waals surface area contributed by atoms with Crippen LogP contribution in [-0.2, 0) is 12.8 Å². The van der Waals surface area contributed by atoms with E-state index in [9.17, 15) is 4.79 Å². The number of aromatic nitrogens is 3. The molecular weight excluding hydrogens is 404 g/mol. The van der Waals surface area contributed by atoms with Crippen molar-refractivity contribution in [2.24, 2.45) is 0 Å². The fraction of sp³-hybridized carbons (Fsp3) is 0.227. The molecule has 5 nitrogen and oxygen atoms in total. The van der Waals surface area contributed by atoms with Crippen LogP contribution in [0.25, 0.3) is 15.3 Å². The van der Waals surface area contributed by atoms with Gasteiger partial charge in [-0.2, -0.15) is 9.78 Å². The van der Waals surface area contributed by atoms with Crippen LogP contribution in [0, 0.1) is 6.92 Å². The Morgan fingerprint density at radius 1 is 1.14 bits per heavy atom. The molecule has 5 rings (SSSR count). The van der Waals surface area contributed by atoms with Crippen molar-refractivity contribution >= 4 is 44.9 Å². The Kier molecular flexibility index (Phi) is 4.60. The van der Waals surface area contributed by atoms with Gasteiger partial charge in [-0.1, -0.05) is 29.0 Å². The first-order chi connectivity index (χ1) is 14.1. The Morgan fingerprint density at radius 2 is 1.93 bits per heavy atom. The number of anilines is 1. The van der Waals surface area contributed by atoms with E-state index in [0.29, 0.717) is 16.4 Å². The Bertz CT molecular complexity index is 1200. The van der Waals surface area contributed by atoms with E-state index in [4.69, 9.17) is 16.6 Å². The molecule has 1 aliphatic rings. The quantitative estimate of drug-likeness (QED) is 0.469. The van der Waals surface area contributed by atoms with Crippen molar-refractivity contribution < 1.29 is 4.79 Å². The Hall–Kier alpha value is -2.70. The van der Waals surface area contributed by atoms with Gasteiger partial charge in [0, 0.05) is 16.7 Å². The van der Waals surface area contributed by atoms with Crippen LogP contribution in [0.15, 0.2) is 42.5 Å². The molecule has 2 heterocycles. The number of thiazole rings is 1. The van der Waals surface area contributed by atoms with Crippen molar-refractivity contribution in [1.82, 2.24) is 14.8 Å². The molecule has 0 fully saturated rings. The van der Waals surface area contributed by atoms with E-state index in [2.05, 4.69) is 22.5 Å². The number of nitrogens with zero attached hydrogens (tertiary/aromatic N) is 3. The molecule has 7 heteroatoms. The summed E-state index contributed by atoms with van der Waals surface area (Å²) in [5.74, 6) is 0.363. The van der Waals surface area contributed by atoms with Gasteiger partial charge in [0.2, 0.25) is 5.13 Å². The van der Waals surface area contributed by atoms with Gasteiger partial charge in [0.15, 0.2) is 0 Å². The number of rotatable bonds is 3. The summed E-state index contributed by atoms with van der Waals surface area (Å²) in [4.78, 5) is 17.5. The van der Waals surface area contributed by atoms with Crippen LogP contribution in [0.5, 0.6) is 0 Å². The third kappa shape index (κ3) is 3.54. The Balaban J connectivity index is 1.51. The standard InChI is InChI=1S/C22H19ClN4OS/c1-13-9-20(25-21(28)16-7-4-8-17(23)10-16)27(26-13)22-24-18-11-14-5-2-3-6-15(14)12-19(18)29-22/h4,7-12H,2-3,5-6H2,1H3,(H,25,28). The predicted octanol–water partition coefficient (Wildman–Crippen LogP) is 5.57. The van der Waals surface area contributed by atoms with Crippen LogP contribution in [0.2, 0.25) is 5.02 Å². The molecule has 2 aromatic carbocycles. The van der Waals surface area contributed by atoms with E-state index in [0.717, 1.165) is 33.9 Å². The van der Waals surface area contributed by atoms with Gasteiger partial charge in [-0.15, -0.1) is 0 Å². The Labute approximate surface area is 177 Å². The fourth-order valence-electron chi connectivity index (χ4n) is 3.79. The zero-order valence-electron chi connectivity index (χ0n) is 15.9. The lowest BCUT2D eigenvalue weighted by Gasteiger charge is -2.14. The number of halogens is 1. The molecule has 0 radical (unpaired) electrons. The molecular formula is C22H19ClN4OS. The van der Waals surface area contributed by atoms with E-state index < -0.39 is 0 Å². The number of carbonyl (C=O) groups excluding carboxylic acids is 1. The molecule has 0 bridgehead atoms. The summed E-state index contributed by atoms with van der Waals surface area (Å²) in [6, 6.07) is 13.2. The highest BCUT2D eigenvalue weighted by Gasteiger charge is 2.17. The summed E-state index contributed by atoms with van der Waals surface area (Å²) in [7, 11) is 0. The molecule has 0 atom stereocenters. The first kappa shape index (κ1) is 18.3. The van der Waals surface area contributed by atoms with Gasteiger partial charge in [0.1, 0.15) is 5.82 Å². The number of benzene rings is 2. The molecule has 0 saturated heterocycles. The third-order valence-corrected chi connectivity index (χ3v) is 6.41. The molecule has 146 valence electrons. The maximum absolute atomic E-state index is 12.7. The summed E-state index contributed by atoms with van der Waals surface area (Å²) in [5.41, 5.74) is 5.15. The number of aryl methyl sites for hydroxylation is 3. The van der Waals surface area contributed by atoms with Crippen molar-refractivity contribution in [3.63, 3.8) is 0 Å². The van der Waals surface area contributed by atoms with Crippen LogP contribution in [0.4, 0.5) is 5.82 Å². The summed E-state index contributed by atoms with van der Waals surface area (Å²) < 4.78 is 2.86. The zero-order chi connectivity index (χ0) is 20.0. The second kappa shape index (κ2) is 7.28. The maximum atomic E-state index is 12.7.